The highest BCUT2D eigenvalue weighted by molar-refractivity contribution is 7.91. The average molecular weight is 449 g/mol. The summed E-state index contributed by atoms with van der Waals surface area (Å²) in [7, 11) is -2.07. The van der Waals surface area contributed by atoms with Gasteiger partial charge in [0.15, 0.2) is 0 Å². The standard InChI is InChI=1S/C21H21FN2O4S2/c1-28-13-12-24-30(26,27)20-11-10-19(29-20)16-4-6-17(7-5-16)21(25)23-14-15-2-8-18(22)9-3-15/h2-11,24H,12-14H2,1H3,(H,23,25). The molecule has 3 rings (SSSR count). The fourth-order valence-electron chi connectivity index (χ4n) is 2.64. The van der Waals surface area contributed by atoms with Crippen LogP contribution < -0.4 is 10.0 Å². The van der Waals surface area contributed by atoms with Gasteiger partial charge in [-0.15, -0.1) is 11.3 Å². The molecule has 2 N–H and O–H groups in total. The highest BCUT2D eigenvalue weighted by Gasteiger charge is 2.17. The maximum absolute atomic E-state index is 12.9. The number of ether oxygens (including phenoxy) is 1. The molecule has 0 fully saturated rings. The number of rotatable bonds is 9. The summed E-state index contributed by atoms with van der Waals surface area (Å²) in [5.41, 5.74) is 2.09. The number of methoxy groups -OCH3 is 1. The molecule has 0 spiro atoms. The molecule has 30 heavy (non-hydrogen) atoms. The number of thiophene rings is 1. The van der Waals surface area contributed by atoms with E-state index in [1.54, 1.807) is 48.5 Å². The molecule has 0 aliphatic carbocycles. The van der Waals surface area contributed by atoms with Crippen LogP contribution in [0.1, 0.15) is 15.9 Å². The summed E-state index contributed by atoms with van der Waals surface area (Å²) in [4.78, 5) is 13.1. The van der Waals surface area contributed by atoms with Crippen LogP contribution in [0, 0.1) is 5.82 Å². The second kappa shape index (κ2) is 9.94. The molecule has 1 amide bonds. The molecule has 0 atom stereocenters. The first-order valence-electron chi connectivity index (χ1n) is 9.10. The molecular weight excluding hydrogens is 427 g/mol. The van der Waals surface area contributed by atoms with Gasteiger partial charge in [0.1, 0.15) is 10.0 Å². The lowest BCUT2D eigenvalue weighted by molar-refractivity contribution is 0.0951. The van der Waals surface area contributed by atoms with Crippen molar-refractivity contribution in [3.63, 3.8) is 0 Å². The third-order valence-corrected chi connectivity index (χ3v) is 7.33. The Morgan fingerprint density at radius 1 is 1.03 bits per heavy atom. The molecule has 0 unspecified atom stereocenters. The zero-order chi connectivity index (χ0) is 21.6. The predicted octanol–water partition coefficient (Wildman–Crippen LogP) is 3.41. The number of hydrogen-bond acceptors (Lipinski definition) is 5. The van der Waals surface area contributed by atoms with Gasteiger partial charge in [-0.25, -0.2) is 17.5 Å². The van der Waals surface area contributed by atoms with Gasteiger partial charge < -0.3 is 10.1 Å². The van der Waals surface area contributed by atoms with Gasteiger partial charge in [-0.05, 0) is 47.5 Å². The van der Waals surface area contributed by atoms with Crippen molar-refractivity contribution in [1.29, 1.82) is 0 Å². The Balaban J connectivity index is 1.63. The molecule has 0 saturated heterocycles. The zero-order valence-electron chi connectivity index (χ0n) is 16.2. The molecule has 0 bridgehead atoms. The van der Waals surface area contributed by atoms with Crippen LogP contribution >= 0.6 is 11.3 Å². The zero-order valence-corrected chi connectivity index (χ0v) is 17.9. The van der Waals surface area contributed by atoms with Gasteiger partial charge in [0.05, 0.1) is 6.61 Å². The van der Waals surface area contributed by atoms with Crippen molar-refractivity contribution in [2.24, 2.45) is 0 Å². The van der Waals surface area contributed by atoms with Gasteiger partial charge in [0, 0.05) is 30.6 Å². The largest absolute Gasteiger partial charge is 0.383 e. The lowest BCUT2D eigenvalue weighted by Gasteiger charge is -2.06. The minimum absolute atomic E-state index is 0.202. The Kier molecular flexibility index (Phi) is 7.33. The second-order valence-corrected chi connectivity index (χ2v) is 9.47. The first kappa shape index (κ1) is 22.1. The highest BCUT2D eigenvalue weighted by atomic mass is 32.2. The van der Waals surface area contributed by atoms with E-state index < -0.39 is 10.0 Å². The first-order chi connectivity index (χ1) is 14.4. The van der Waals surface area contributed by atoms with E-state index in [1.807, 2.05) is 0 Å². The number of halogens is 1. The summed E-state index contributed by atoms with van der Waals surface area (Å²) in [6.45, 7) is 0.791. The summed E-state index contributed by atoms with van der Waals surface area (Å²) in [5, 5.41) is 2.79. The minimum atomic E-state index is -3.58. The third kappa shape index (κ3) is 5.73. The van der Waals surface area contributed by atoms with Crippen LogP contribution in [0.2, 0.25) is 0 Å². The van der Waals surface area contributed by atoms with Crippen LogP contribution in [0.25, 0.3) is 10.4 Å². The van der Waals surface area contributed by atoms with E-state index in [-0.39, 0.29) is 22.5 Å². The van der Waals surface area contributed by atoms with Crippen molar-refractivity contribution in [2.75, 3.05) is 20.3 Å². The SMILES string of the molecule is COCCNS(=O)(=O)c1ccc(-c2ccc(C(=O)NCc3ccc(F)cc3)cc2)s1. The minimum Gasteiger partial charge on any atom is -0.383 e. The van der Waals surface area contributed by atoms with Crippen LogP contribution in [0.15, 0.2) is 64.9 Å². The molecule has 0 aliphatic heterocycles. The fourth-order valence-corrected chi connectivity index (χ4v) is 5.01. The highest BCUT2D eigenvalue weighted by Crippen LogP contribution is 2.30. The fraction of sp³-hybridized carbons (Fsp3) is 0.190. The first-order valence-corrected chi connectivity index (χ1v) is 11.4. The summed E-state index contributed by atoms with van der Waals surface area (Å²) >= 11 is 1.15. The maximum Gasteiger partial charge on any atom is 0.251 e. The topological polar surface area (TPSA) is 84.5 Å². The van der Waals surface area contributed by atoms with E-state index in [4.69, 9.17) is 4.74 Å². The summed E-state index contributed by atoms with van der Waals surface area (Å²) < 4.78 is 45.0. The monoisotopic (exact) mass is 448 g/mol. The van der Waals surface area contributed by atoms with Gasteiger partial charge in [0.2, 0.25) is 10.0 Å². The van der Waals surface area contributed by atoms with Crippen LogP contribution in [-0.4, -0.2) is 34.6 Å². The molecule has 2 aromatic carbocycles. The van der Waals surface area contributed by atoms with Crippen LogP contribution in [0.5, 0.6) is 0 Å². The molecule has 0 aliphatic rings. The molecule has 1 aromatic heterocycles. The Hall–Kier alpha value is -2.59. The number of amides is 1. The molecular formula is C21H21FN2O4S2. The number of benzene rings is 2. The van der Waals surface area contributed by atoms with Gasteiger partial charge in [-0.1, -0.05) is 24.3 Å². The van der Waals surface area contributed by atoms with Crippen molar-refractivity contribution < 1.29 is 22.3 Å². The van der Waals surface area contributed by atoms with Gasteiger partial charge in [0.25, 0.3) is 5.91 Å². The van der Waals surface area contributed by atoms with Crippen molar-refractivity contribution >= 4 is 27.3 Å². The van der Waals surface area contributed by atoms with Gasteiger partial charge in [-0.3, -0.25) is 4.79 Å². The van der Waals surface area contributed by atoms with E-state index in [9.17, 15) is 17.6 Å². The molecule has 0 saturated carbocycles. The number of hydrogen-bond donors (Lipinski definition) is 2. The molecule has 9 heteroatoms. The molecule has 0 radical (unpaired) electrons. The summed E-state index contributed by atoms with van der Waals surface area (Å²) in [5.74, 6) is -0.571. The van der Waals surface area contributed by atoms with Crippen LogP contribution in [0.3, 0.4) is 0 Å². The van der Waals surface area contributed by atoms with Crippen LogP contribution in [-0.2, 0) is 21.3 Å². The summed E-state index contributed by atoms with van der Waals surface area (Å²) in [6, 6.07) is 16.1. The van der Waals surface area contributed by atoms with E-state index >= 15 is 0 Å². The smallest absolute Gasteiger partial charge is 0.251 e. The Morgan fingerprint density at radius 3 is 2.40 bits per heavy atom. The Labute approximate surface area is 178 Å². The Morgan fingerprint density at radius 2 is 1.73 bits per heavy atom. The van der Waals surface area contributed by atoms with E-state index in [1.165, 1.54) is 19.2 Å². The van der Waals surface area contributed by atoms with E-state index in [0.717, 1.165) is 27.3 Å². The lowest BCUT2D eigenvalue weighted by Crippen LogP contribution is -2.26. The number of carbonyl (C=O) groups is 1. The third-order valence-electron chi connectivity index (χ3n) is 4.24. The van der Waals surface area contributed by atoms with Crippen molar-refractivity contribution in [3.8, 4) is 10.4 Å². The van der Waals surface area contributed by atoms with E-state index in [2.05, 4.69) is 10.0 Å². The van der Waals surface area contributed by atoms with Crippen molar-refractivity contribution in [1.82, 2.24) is 10.0 Å². The van der Waals surface area contributed by atoms with Crippen molar-refractivity contribution in [2.45, 2.75) is 10.8 Å². The van der Waals surface area contributed by atoms with E-state index in [0.29, 0.717) is 18.7 Å². The summed E-state index contributed by atoms with van der Waals surface area (Å²) in [6.07, 6.45) is 0. The number of carbonyl (C=O) groups excluding carboxylic acids is 1. The van der Waals surface area contributed by atoms with Gasteiger partial charge >= 0.3 is 0 Å². The van der Waals surface area contributed by atoms with Crippen LogP contribution in [0.4, 0.5) is 4.39 Å². The number of nitrogens with one attached hydrogen (secondary N) is 2. The molecule has 3 aromatic rings. The quantitative estimate of drug-likeness (QED) is 0.492. The Bertz CT molecular complexity index is 1090. The average Bonchev–Trinajstić information content (AvgIpc) is 3.25. The predicted molar refractivity (Wildman–Crippen MR) is 114 cm³/mol. The van der Waals surface area contributed by atoms with Gasteiger partial charge in [-0.2, -0.15) is 0 Å². The normalized spacial score (nSPS) is 11.4. The number of sulfonamides is 1. The molecule has 6 nitrogen and oxygen atoms in total. The molecule has 158 valence electrons. The van der Waals surface area contributed by atoms with Crippen molar-refractivity contribution in [3.05, 3.63) is 77.6 Å². The molecule has 1 heterocycles. The second-order valence-electron chi connectivity index (χ2n) is 6.40. The lowest BCUT2D eigenvalue weighted by atomic mass is 10.1. The maximum atomic E-state index is 12.9.